The SMILES string of the molecule is O=C1Nc2ccccc2/C1=N/N=C1\C[C@@H](c2ccccc2)N=N1. The summed E-state index contributed by atoms with van der Waals surface area (Å²) in [6, 6.07) is 17.3. The minimum absolute atomic E-state index is 0.0279. The van der Waals surface area contributed by atoms with E-state index in [0.717, 1.165) is 16.8 Å². The van der Waals surface area contributed by atoms with Crippen molar-refractivity contribution < 1.29 is 4.79 Å². The maximum atomic E-state index is 12.0. The topological polar surface area (TPSA) is 78.5 Å². The lowest BCUT2D eigenvalue weighted by Gasteiger charge is -2.03. The van der Waals surface area contributed by atoms with Gasteiger partial charge in [0, 0.05) is 12.0 Å². The predicted molar refractivity (Wildman–Crippen MR) is 87.7 cm³/mol. The number of carbonyl (C=O) groups is 1. The normalized spacial score (nSPS) is 22.6. The highest BCUT2D eigenvalue weighted by molar-refractivity contribution is 6.53. The third-order valence-electron chi connectivity index (χ3n) is 3.78. The van der Waals surface area contributed by atoms with Crippen molar-refractivity contribution in [3.63, 3.8) is 0 Å². The molecular formula is C17H13N5O. The van der Waals surface area contributed by atoms with Crippen LogP contribution in [0.5, 0.6) is 0 Å². The van der Waals surface area contributed by atoms with Gasteiger partial charge < -0.3 is 5.32 Å². The van der Waals surface area contributed by atoms with Gasteiger partial charge in [-0.2, -0.15) is 5.11 Å². The van der Waals surface area contributed by atoms with Crippen LogP contribution in [0.25, 0.3) is 0 Å². The molecule has 23 heavy (non-hydrogen) atoms. The fraction of sp³-hybridized carbons (Fsp3) is 0.118. The fourth-order valence-electron chi connectivity index (χ4n) is 2.62. The maximum absolute atomic E-state index is 12.0. The van der Waals surface area contributed by atoms with Gasteiger partial charge in [-0.15, -0.1) is 15.3 Å². The van der Waals surface area contributed by atoms with Gasteiger partial charge in [0.1, 0.15) is 6.04 Å². The number of hydrogen-bond acceptors (Lipinski definition) is 4. The Bertz CT molecular complexity index is 854. The summed E-state index contributed by atoms with van der Waals surface area (Å²) in [7, 11) is 0. The van der Waals surface area contributed by atoms with Crippen LogP contribution < -0.4 is 5.32 Å². The number of benzene rings is 2. The summed E-state index contributed by atoms with van der Waals surface area (Å²) in [5.41, 5.74) is 2.92. The fourth-order valence-corrected chi connectivity index (χ4v) is 2.62. The Hall–Kier alpha value is -3.15. The molecule has 0 aromatic heterocycles. The molecule has 1 atom stereocenters. The molecule has 0 saturated carbocycles. The zero-order valence-corrected chi connectivity index (χ0v) is 12.2. The molecule has 6 nitrogen and oxygen atoms in total. The van der Waals surface area contributed by atoms with Crippen LogP contribution in [-0.4, -0.2) is 17.5 Å². The molecule has 0 radical (unpaired) electrons. The number of amides is 1. The first-order valence-corrected chi connectivity index (χ1v) is 7.32. The van der Waals surface area contributed by atoms with E-state index in [4.69, 9.17) is 0 Å². The van der Waals surface area contributed by atoms with E-state index in [-0.39, 0.29) is 11.9 Å². The number of nitrogens with zero attached hydrogens (tertiary/aromatic N) is 4. The summed E-state index contributed by atoms with van der Waals surface area (Å²) in [5, 5.41) is 19.3. The van der Waals surface area contributed by atoms with Gasteiger partial charge in [0.15, 0.2) is 11.5 Å². The highest BCUT2D eigenvalue weighted by Gasteiger charge is 2.26. The van der Waals surface area contributed by atoms with Gasteiger partial charge in [-0.25, -0.2) is 0 Å². The average molecular weight is 303 g/mol. The molecule has 0 aliphatic carbocycles. The maximum Gasteiger partial charge on any atom is 0.276 e. The second-order valence-electron chi connectivity index (χ2n) is 5.31. The molecule has 0 fully saturated rings. The van der Waals surface area contributed by atoms with E-state index in [9.17, 15) is 4.79 Å². The molecule has 0 bridgehead atoms. The van der Waals surface area contributed by atoms with Crippen LogP contribution in [0.15, 0.2) is 75.0 Å². The molecule has 0 saturated heterocycles. The van der Waals surface area contributed by atoms with Gasteiger partial charge in [0.05, 0.1) is 5.69 Å². The minimum atomic E-state index is -0.245. The van der Waals surface area contributed by atoms with Crippen molar-refractivity contribution in [1.29, 1.82) is 0 Å². The summed E-state index contributed by atoms with van der Waals surface area (Å²) in [6.07, 6.45) is 0.587. The van der Waals surface area contributed by atoms with Gasteiger partial charge in [-0.1, -0.05) is 48.5 Å². The van der Waals surface area contributed by atoms with E-state index in [1.54, 1.807) is 0 Å². The highest BCUT2D eigenvalue weighted by Crippen LogP contribution is 2.28. The number of rotatable bonds is 2. The summed E-state index contributed by atoms with van der Waals surface area (Å²) < 4.78 is 0. The number of carbonyl (C=O) groups excluding carboxylic acids is 1. The van der Waals surface area contributed by atoms with Crippen molar-refractivity contribution in [1.82, 2.24) is 0 Å². The second-order valence-corrected chi connectivity index (χ2v) is 5.31. The number of hydrogen-bond donors (Lipinski definition) is 1. The zero-order valence-electron chi connectivity index (χ0n) is 12.2. The van der Waals surface area contributed by atoms with Crippen LogP contribution in [0.2, 0.25) is 0 Å². The largest absolute Gasteiger partial charge is 0.320 e. The van der Waals surface area contributed by atoms with E-state index < -0.39 is 0 Å². The number of para-hydroxylation sites is 1. The van der Waals surface area contributed by atoms with E-state index in [0.29, 0.717) is 18.0 Å². The lowest BCUT2D eigenvalue weighted by molar-refractivity contribution is -0.110. The Balaban J connectivity index is 1.56. The molecule has 6 heteroatoms. The minimum Gasteiger partial charge on any atom is -0.320 e. The Kier molecular flexibility index (Phi) is 3.27. The number of anilines is 1. The average Bonchev–Trinajstić information content (AvgIpc) is 3.18. The smallest absolute Gasteiger partial charge is 0.276 e. The molecule has 2 aliphatic rings. The summed E-state index contributed by atoms with van der Waals surface area (Å²) in [6.45, 7) is 0. The molecular weight excluding hydrogens is 290 g/mol. The number of nitrogens with one attached hydrogen (secondary N) is 1. The Morgan fingerprint density at radius 3 is 2.65 bits per heavy atom. The van der Waals surface area contributed by atoms with Crippen LogP contribution in [0.4, 0.5) is 5.69 Å². The molecule has 2 aromatic rings. The van der Waals surface area contributed by atoms with Gasteiger partial charge >= 0.3 is 0 Å². The van der Waals surface area contributed by atoms with E-state index >= 15 is 0 Å². The van der Waals surface area contributed by atoms with Gasteiger partial charge in [0.2, 0.25) is 0 Å². The van der Waals surface area contributed by atoms with E-state index in [2.05, 4.69) is 25.7 Å². The van der Waals surface area contributed by atoms with Crippen molar-refractivity contribution in [2.75, 3.05) is 5.32 Å². The van der Waals surface area contributed by atoms with Crippen molar-refractivity contribution in [3.8, 4) is 0 Å². The molecule has 1 N–H and O–H groups in total. The summed E-state index contributed by atoms with van der Waals surface area (Å²) >= 11 is 0. The van der Waals surface area contributed by atoms with Crippen LogP contribution in [0, 0.1) is 0 Å². The summed E-state index contributed by atoms with van der Waals surface area (Å²) in [5.74, 6) is 0.286. The van der Waals surface area contributed by atoms with E-state index in [1.165, 1.54) is 0 Å². The Labute approximate surface area is 132 Å². The molecule has 112 valence electrons. The standard InChI is InChI=1S/C17H13N5O/c23-17-16(12-8-4-5-9-13(12)18-17)22-21-15-10-14(19-20-15)11-6-2-1-3-7-11/h1-9,14H,10H2,(H,18,22,23)/b21-15+/t14-/m0/s1. The van der Waals surface area contributed by atoms with Crippen molar-refractivity contribution in [2.24, 2.45) is 20.4 Å². The molecule has 2 aliphatic heterocycles. The van der Waals surface area contributed by atoms with Crippen LogP contribution in [-0.2, 0) is 4.79 Å². The van der Waals surface area contributed by atoms with Crippen molar-refractivity contribution in [3.05, 3.63) is 65.7 Å². The molecule has 0 unspecified atom stereocenters. The van der Waals surface area contributed by atoms with Crippen LogP contribution >= 0.6 is 0 Å². The molecule has 2 heterocycles. The third kappa shape index (κ3) is 2.55. The third-order valence-corrected chi connectivity index (χ3v) is 3.78. The zero-order chi connectivity index (χ0) is 15.6. The Morgan fingerprint density at radius 2 is 1.78 bits per heavy atom. The van der Waals surface area contributed by atoms with Gasteiger partial charge in [-0.3, -0.25) is 4.79 Å². The lowest BCUT2D eigenvalue weighted by atomic mass is 10.1. The number of fused-ring (bicyclic) bond motifs is 1. The number of azo groups is 1. The Morgan fingerprint density at radius 1 is 1.00 bits per heavy atom. The highest BCUT2D eigenvalue weighted by atomic mass is 16.2. The van der Waals surface area contributed by atoms with Crippen molar-refractivity contribution in [2.45, 2.75) is 12.5 Å². The quantitative estimate of drug-likeness (QED) is 0.848. The lowest BCUT2D eigenvalue weighted by Crippen LogP contribution is -2.14. The molecule has 2 aromatic carbocycles. The number of amidine groups is 1. The van der Waals surface area contributed by atoms with Crippen LogP contribution in [0.3, 0.4) is 0 Å². The van der Waals surface area contributed by atoms with Crippen molar-refractivity contribution >= 4 is 23.1 Å². The van der Waals surface area contributed by atoms with Crippen LogP contribution in [0.1, 0.15) is 23.6 Å². The first-order valence-electron chi connectivity index (χ1n) is 7.32. The molecule has 4 rings (SSSR count). The second kappa shape index (κ2) is 5.57. The van der Waals surface area contributed by atoms with E-state index in [1.807, 2.05) is 54.6 Å². The van der Waals surface area contributed by atoms with Gasteiger partial charge in [0.25, 0.3) is 5.91 Å². The first kappa shape index (κ1) is 13.5. The summed E-state index contributed by atoms with van der Waals surface area (Å²) in [4.78, 5) is 12.0. The predicted octanol–water partition coefficient (Wildman–Crippen LogP) is 3.34. The molecule has 1 amide bonds. The monoisotopic (exact) mass is 303 g/mol. The first-order chi connectivity index (χ1) is 11.3. The van der Waals surface area contributed by atoms with Gasteiger partial charge in [-0.05, 0) is 11.6 Å². The molecule has 0 spiro atoms.